The van der Waals surface area contributed by atoms with Crippen LogP contribution in [0.2, 0.25) is 0 Å². The van der Waals surface area contributed by atoms with Crippen molar-refractivity contribution in [1.82, 2.24) is 4.90 Å². The fraction of sp³-hybridized carbons (Fsp3) is 0.684. The van der Waals surface area contributed by atoms with Crippen LogP contribution in [-0.2, 0) is 6.54 Å². The van der Waals surface area contributed by atoms with E-state index in [9.17, 15) is 0 Å². The highest BCUT2D eigenvalue weighted by atomic mass is 16.5. The minimum atomic E-state index is 0.736. The van der Waals surface area contributed by atoms with Crippen LogP contribution in [0.5, 0.6) is 5.75 Å². The first kappa shape index (κ1) is 17.3. The van der Waals surface area contributed by atoms with Crippen molar-refractivity contribution >= 4 is 0 Å². The van der Waals surface area contributed by atoms with Gasteiger partial charge in [-0.1, -0.05) is 38.3 Å². The molecule has 124 valence electrons. The van der Waals surface area contributed by atoms with Crippen molar-refractivity contribution in [3.63, 3.8) is 0 Å². The Morgan fingerprint density at radius 3 is 2.45 bits per heavy atom. The molecule has 3 heteroatoms. The number of hydrogen-bond donors (Lipinski definition) is 1. The molecule has 2 rings (SSSR count). The number of nitrogens with two attached hydrogens (primary N) is 1. The summed E-state index contributed by atoms with van der Waals surface area (Å²) in [7, 11) is 0. The summed E-state index contributed by atoms with van der Waals surface area (Å²) in [5.41, 5.74) is 7.13. The Balaban J connectivity index is 1.68. The fourth-order valence-electron chi connectivity index (χ4n) is 3.05. The maximum atomic E-state index is 5.80. The van der Waals surface area contributed by atoms with E-state index in [0.717, 1.165) is 37.8 Å². The van der Waals surface area contributed by atoms with Crippen molar-refractivity contribution in [2.75, 3.05) is 26.2 Å². The Hall–Kier alpha value is -1.06. The zero-order valence-electron chi connectivity index (χ0n) is 14.1. The highest BCUT2D eigenvalue weighted by molar-refractivity contribution is 5.27. The SMILES string of the molecule is CCCCCCOc1ccc(CN2CCC(CN)CC2)cc1. The van der Waals surface area contributed by atoms with E-state index in [-0.39, 0.29) is 0 Å². The molecular formula is C19H32N2O. The summed E-state index contributed by atoms with van der Waals surface area (Å²) in [6.07, 6.45) is 7.50. The summed E-state index contributed by atoms with van der Waals surface area (Å²) in [5.74, 6) is 1.74. The summed E-state index contributed by atoms with van der Waals surface area (Å²) in [4.78, 5) is 2.53. The summed E-state index contributed by atoms with van der Waals surface area (Å²) < 4.78 is 5.80. The van der Waals surface area contributed by atoms with Gasteiger partial charge in [-0.25, -0.2) is 0 Å². The lowest BCUT2D eigenvalue weighted by Gasteiger charge is -2.31. The lowest BCUT2D eigenvalue weighted by atomic mass is 9.97. The molecule has 0 saturated carbocycles. The Morgan fingerprint density at radius 1 is 1.09 bits per heavy atom. The molecule has 1 aliphatic heterocycles. The van der Waals surface area contributed by atoms with Gasteiger partial charge in [0.1, 0.15) is 5.75 Å². The molecule has 1 heterocycles. The first-order chi connectivity index (χ1) is 10.8. The largest absolute Gasteiger partial charge is 0.494 e. The molecule has 0 unspecified atom stereocenters. The molecule has 1 fully saturated rings. The second-order valence-corrected chi connectivity index (χ2v) is 6.51. The lowest BCUT2D eigenvalue weighted by molar-refractivity contribution is 0.180. The Bertz CT molecular complexity index is 396. The Kier molecular flexibility index (Phi) is 7.75. The van der Waals surface area contributed by atoms with Crippen molar-refractivity contribution in [2.24, 2.45) is 11.7 Å². The van der Waals surface area contributed by atoms with E-state index in [2.05, 4.69) is 36.1 Å². The molecule has 0 amide bonds. The number of piperidine rings is 1. The molecule has 0 atom stereocenters. The van der Waals surface area contributed by atoms with Gasteiger partial charge in [-0.2, -0.15) is 0 Å². The Morgan fingerprint density at radius 2 is 1.82 bits per heavy atom. The first-order valence-electron chi connectivity index (χ1n) is 8.96. The fourth-order valence-corrected chi connectivity index (χ4v) is 3.05. The zero-order valence-corrected chi connectivity index (χ0v) is 14.1. The van der Waals surface area contributed by atoms with Gasteiger partial charge >= 0.3 is 0 Å². The number of unbranched alkanes of at least 4 members (excludes halogenated alkanes) is 3. The van der Waals surface area contributed by atoms with Crippen LogP contribution in [-0.4, -0.2) is 31.1 Å². The van der Waals surface area contributed by atoms with Gasteiger partial charge in [0.05, 0.1) is 6.61 Å². The van der Waals surface area contributed by atoms with Gasteiger partial charge in [0, 0.05) is 6.54 Å². The quantitative estimate of drug-likeness (QED) is 0.705. The van der Waals surface area contributed by atoms with Crippen molar-refractivity contribution in [1.29, 1.82) is 0 Å². The molecule has 22 heavy (non-hydrogen) atoms. The predicted molar refractivity (Wildman–Crippen MR) is 93.1 cm³/mol. The first-order valence-corrected chi connectivity index (χ1v) is 8.96. The van der Waals surface area contributed by atoms with Crippen LogP contribution in [0.1, 0.15) is 51.0 Å². The van der Waals surface area contributed by atoms with Crippen molar-refractivity contribution < 1.29 is 4.74 Å². The Labute approximate surface area is 135 Å². The van der Waals surface area contributed by atoms with E-state index >= 15 is 0 Å². The molecule has 0 radical (unpaired) electrons. The molecule has 1 aliphatic rings. The maximum Gasteiger partial charge on any atom is 0.119 e. The van der Waals surface area contributed by atoms with Gasteiger partial charge in [-0.05, 0) is 62.5 Å². The van der Waals surface area contributed by atoms with Gasteiger partial charge in [0.25, 0.3) is 0 Å². The average molecular weight is 304 g/mol. The van der Waals surface area contributed by atoms with Crippen LogP contribution in [0.3, 0.4) is 0 Å². The normalized spacial score (nSPS) is 16.8. The van der Waals surface area contributed by atoms with Crippen molar-refractivity contribution in [3.8, 4) is 5.75 Å². The van der Waals surface area contributed by atoms with E-state index in [1.165, 1.54) is 50.8 Å². The second kappa shape index (κ2) is 9.86. The third-order valence-corrected chi connectivity index (χ3v) is 4.64. The molecule has 1 aromatic carbocycles. The lowest BCUT2D eigenvalue weighted by Crippen LogP contribution is -2.35. The molecule has 2 N–H and O–H groups in total. The van der Waals surface area contributed by atoms with E-state index in [4.69, 9.17) is 10.5 Å². The number of nitrogens with zero attached hydrogens (tertiary/aromatic N) is 1. The van der Waals surface area contributed by atoms with Crippen molar-refractivity contribution in [3.05, 3.63) is 29.8 Å². The van der Waals surface area contributed by atoms with Crippen molar-refractivity contribution in [2.45, 2.75) is 52.0 Å². The topological polar surface area (TPSA) is 38.5 Å². The molecule has 0 bridgehead atoms. The van der Waals surface area contributed by atoms with E-state index in [1.807, 2.05) is 0 Å². The third-order valence-electron chi connectivity index (χ3n) is 4.64. The third kappa shape index (κ3) is 5.98. The molecule has 3 nitrogen and oxygen atoms in total. The molecule has 1 saturated heterocycles. The monoisotopic (exact) mass is 304 g/mol. The zero-order chi connectivity index (χ0) is 15.6. The summed E-state index contributed by atoms with van der Waals surface area (Å²) in [6.45, 7) is 7.32. The predicted octanol–water partition coefficient (Wildman–Crippen LogP) is 3.82. The summed E-state index contributed by atoms with van der Waals surface area (Å²) in [6, 6.07) is 8.64. The van der Waals surface area contributed by atoms with Crippen LogP contribution in [0.4, 0.5) is 0 Å². The van der Waals surface area contributed by atoms with E-state index in [1.54, 1.807) is 0 Å². The highest BCUT2D eigenvalue weighted by Crippen LogP contribution is 2.19. The molecule has 0 aliphatic carbocycles. The highest BCUT2D eigenvalue weighted by Gasteiger charge is 2.17. The number of benzene rings is 1. The summed E-state index contributed by atoms with van der Waals surface area (Å²) in [5, 5.41) is 0. The van der Waals surface area contributed by atoms with Crippen LogP contribution in [0, 0.1) is 5.92 Å². The molecule has 1 aromatic rings. The van der Waals surface area contributed by atoms with Crippen LogP contribution in [0.15, 0.2) is 24.3 Å². The number of ether oxygens (including phenoxy) is 1. The second-order valence-electron chi connectivity index (χ2n) is 6.51. The van der Waals surface area contributed by atoms with Gasteiger partial charge in [0.2, 0.25) is 0 Å². The molecular weight excluding hydrogens is 272 g/mol. The minimum Gasteiger partial charge on any atom is -0.494 e. The van der Waals surface area contributed by atoms with Gasteiger partial charge < -0.3 is 10.5 Å². The van der Waals surface area contributed by atoms with E-state index in [0.29, 0.717) is 0 Å². The van der Waals surface area contributed by atoms with Gasteiger partial charge in [-0.3, -0.25) is 4.90 Å². The number of likely N-dealkylation sites (tertiary alicyclic amines) is 1. The van der Waals surface area contributed by atoms with Gasteiger partial charge in [-0.15, -0.1) is 0 Å². The van der Waals surface area contributed by atoms with Crippen LogP contribution in [0.25, 0.3) is 0 Å². The molecule has 0 aromatic heterocycles. The standard InChI is InChI=1S/C19H32N2O/c1-2-3-4-5-14-22-19-8-6-18(7-9-19)16-21-12-10-17(15-20)11-13-21/h6-9,17H,2-5,10-16,20H2,1H3. The smallest absolute Gasteiger partial charge is 0.119 e. The average Bonchev–Trinajstić information content (AvgIpc) is 2.57. The summed E-state index contributed by atoms with van der Waals surface area (Å²) >= 11 is 0. The number of hydrogen-bond acceptors (Lipinski definition) is 3. The van der Waals surface area contributed by atoms with Crippen LogP contribution < -0.4 is 10.5 Å². The van der Waals surface area contributed by atoms with Crippen LogP contribution >= 0.6 is 0 Å². The minimum absolute atomic E-state index is 0.736. The number of rotatable bonds is 9. The molecule has 0 spiro atoms. The maximum absolute atomic E-state index is 5.80. The van der Waals surface area contributed by atoms with Gasteiger partial charge in [0.15, 0.2) is 0 Å². The van der Waals surface area contributed by atoms with E-state index < -0.39 is 0 Å².